The number of piperazine rings is 1. The van der Waals surface area contributed by atoms with Crippen LogP contribution < -0.4 is 5.32 Å². The van der Waals surface area contributed by atoms with Crippen LogP contribution in [0.3, 0.4) is 0 Å². The molecule has 7 nitrogen and oxygen atoms in total. The third-order valence-corrected chi connectivity index (χ3v) is 3.28. The van der Waals surface area contributed by atoms with Gasteiger partial charge in [-0.05, 0) is 20.3 Å². The molecule has 1 unspecified atom stereocenters. The molecule has 1 aromatic rings. The van der Waals surface area contributed by atoms with Gasteiger partial charge < -0.3 is 14.7 Å². The highest BCUT2D eigenvalue weighted by Crippen LogP contribution is 2.20. The predicted octanol–water partition coefficient (Wildman–Crippen LogP) is 0.128. The van der Waals surface area contributed by atoms with Gasteiger partial charge >= 0.3 is 0 Å². The number of nitrogens with zero attached hydrogens (tertiary/aromatic N) is 3. The summed E-state index contributed by atoms with van der Waals surface area (Å²) in [6, 6.07) is -0.424. The Balaban J connectivity index is 2.13. The smallest absolute Gasteiger partial charge is 0.248 e. The summed E-state index contributed by atoms with van der Waals surface area (Å²) in [5.41, 5.74) is -0.861. The van der Waals surface area contributed by atoms with E-state index in [2.05, 4.69) is 20.0 Å². The molecule has 0 radical (unpaired) electrons. The van der Waals surface area contributed by atoms with E-state index < -0.39 is 11.6 Å². The van der Waals surface area contributed by atoms with Crippen molar-refractivity contribution in [2.45, 2.75) is 45.2 Å². The molecule has 2 amide bonds. The average Bonchev–Trinajstić information content (AvgIpc) is 2.84. The molecule has 104 valence electrons. The van der Waals surface area contributed by atoms with E-state index in [4.69, 9.17) is 0 Å². The van der Waals surface area contributed by atoms with Gasteiger partial charge in [-0.2, -0.15) is 4.98 Å². The van der Waals surface area contributed by atoms with Gasteiger partial charge in [-0.25, -0.2) is 0 Å². The van der Waals surface area contributed by atoms with Gasteiger partial charge in [0.05, 0.1) is 0 Å². The number of hydrogen-bond acceptors (Lipinski definition) is 5. The molecule has 1 saturated heterocycles. The van der Waals surface area contributed by atoms with Crippen molar-refractivity contribution in [1.29, 1.82) is 0 Å². The molecule has 19 heavy (non-hydrogen) atoms. The summed E-state index contributed by atoms with van der Waals surface area (Å²) < 4.78 is 4.65. The Morgan fingerprint density at radius 3 is 2.79 bits per heavy atom. The van der Waals surface area contributed by atoms with Crippen LogP contribution >= 0.6 is 0 Å². The average molecular weight is 266 g/mol. The van der Waals surface area contributed by atoms with E-state index in [1.54, 1.807) is 18.7 Å². The van der Waals surface area contributed by atoms with Gasteiger partial charge in [0.25, 0.3) is 0 Å². The number of carbonyl (C=O) groups is 2. The fourth-order valence-corrected chi connectivity index (χ4v) is 2.27. The molecule has 1 N–H and O–H groups in total. The summed E-state index contributed by atoms with van der Waals surface area (Å²) in [6.07, 6.45) is 2.31. The largest absolute Gasteiger partial charge is 0.343 e. The second-order valence-corrected chi connectivity index (χ2v) is 5.13. The van der Waals surface area contributed by atoms with Crippen molar-refractivity contribution >= 4 is 11.8 Å². The van der Waals surface area contributed by atoms with Gasteiger partial charge in [-0.15, -0.1) is 0 Å². The van der Waals surface area contributed by atoms with Gasteiger partial charge in [0.2, 0.25) is 18.2 Å². The molecule has 7 heteroatoms. The first kappa shape index (κ1) is 13.5. The molecule has 1 aliphatic heterocycles. The third kappa shape index (κ3) is 2.59. The van der Waals surface area contributed by atoms with Gasteiger partial charge in [0.15, 0.2) is 5.82 Å². The topological polar surface area (TPSA) is 88.3 Å². The van der Waals surface area contributed by atoms with Crippen molar-refractivity contribution < 1.29 is 14.1 Å². The van der Waals surface area contributed by atoms with Crippen molar-refractivity contribution in [3.8, 4) is 0 Å². The summed E-state index contributed by atoms with van der Waals surface area (Å²) in [6.45, 7) is 5.71. The van der Waals surface area contributed by atoms with Crippen molar-refractivity contribution in [1.82, 2.24) is 20.4 Å². The Morgan fingerprint density at radius 1 is 1.47 bits per heavy atom. The van der Waals surface area contributed by atoms with Gasteiger partial charge in [-0.1, -0.05) is 12.1 Å². The van der Waals surface area contributed by atoms with Crippen LogP contribution in [0, 0.1) is 0 Å². The highest BCUT2D eigenvalue weighted by molar-refractivity contribution is 5.99. The summed E-state index contributed by atoms with van der Waals surface area (Å²) in [5.74, 6) is 0.342. The molecule has 1 aromatic heterocycles. The molecule has 2 heterocycles. The van der Waals surface area contributed by atoms with Gasteiger partial charge in [0.1, 0.15) is 11.6 Å². The Bertz CT molecular complexity index is 469. The fourth-order valence-electron chi connectivity index (χ4n) is 2.27. The van der Waals surface area contributed by atoms with E-state index in [0.717, 1.165) is 0 Å². The monoisotopic (exact) mass is 266 g/mol. The van der Waals surface area contributed by atoms with Crippen LogP contribution in [0.2, 0.25) is 0 Å². The molecule has 1 fully saturated rings. The maximum absolute atomic E-state index is 12.4. The molecule has 1 atom stereocenters. The maximum atomic E-state index is 12.4. The lowest BCUT2D eigenvalue weighted by Crippen LogP contribution is -2.68. The van der Waals surface area contributed by atoms with Crippen LogP contribution in [0.1, 0.15) is 33.0 Å². The second kappa shape index (κ2) is 4.99. The Morgan fingerprint density at radius 2 is 2.21 bits per heavy atom. The number of aromatic nitrogens is 2. The highest BCUT2D eigenvalue weighted by Gasteiger charge is 2.44. The number of hydrogen-bond donors (Lipinski definition) is 1. The first-order valence-electron chi connectivity index (χ1n) is 6.34. The molecule has 2 rings (SSSR count). The number of amides is 2. The normalized spacial score (nSPS) is 22.5. The maximum Gasteiger partial charge on any atom is 0.248 e. The molecular weight excluding hydrogens is 248 g/mol. The van der Waals surface area contributed by atoms with Crippen LogP contribution in [0.15, 0.2) is 10.9 Å². The van der Waals surface area contributed by atoms with Crippen LogP contribution in [-0.2, 0) is 16.0 Å². The molecular formula is C12H18N4O3. The Kier molecular flexibility index (Phi) is 3.55. The standard InChI is InChI=1S/C12H18N4O3/c1-4-8-10(17)14-12(2,3)11(18)16(8)6-5-9-13-7-19-15-9/h7-8H,4-6H2,1-3H3,(H,14,17). The number of rotatable bonds is 4. The SMILES string of the molecule is CCC1C(=O)NC(C)(C)C(=O)N1CCc1ncon1. The lowest BCUT2D eigenvalue weighted by Gasteiger charge is -2.42. The molecule has 0 aromatic carbocycles. The minimum absolute atomic E-state index is 0.0811. The minimum atomic E-state index is -0.861. The Labute approximate surface area is 111 Å². The quantitative estimate of drug-likeness (QED) is 0.836. The van der Waals surface area contributed by atoms with Gasteiger partial charge in [-0.3, -0.25) is 9.59 Å². The van der Waals surface area contributed by atoms with Gasteiger partial charge in [0, 0.05) is 13.0 Å². The highest BCUT2D eigenvalue weighted by atomic mass is 16.5. The van der Waals surface area contributed by atoms with E-state index >= 15 is 0 Å². The fraction of sp³-hybridized carbons (Fsp3) is 0.667. The third-order valence-electron chi connectivity index (χ3n) is 3.28. The Hall–Kier alpha value is -1.92. The van der Waals surface area contributed by atoms with Crippen molar-refractivity contribution in [2.75, 3.05) is 6.54 Å². The zero-order valence-electron chi connectivity index (χ0n) is 11.3. The lowest BCUT2D eigenvalue weighted by molar-refractivity contribution is -0.153. The van der Waals surface area contributed by atoms with Crippen molar-refractivity contribution in [3.05, 3.63) is 12.2 Å². The van der Waals surface area contributed by atoms with E-state index in [-0.39, 0.29) is 11.8 Å². The first-order chi connectivity index (χ1) is 8.95. The molecule has 0 saturated carbocycles. The molecule has 0 spiro atoms. The van der Waals surface area contributed by atoms with E-state index in [1.165, 1.54) is 6.39 Å². The van der Waals surface area contributed by atoms with E-state index in [0.29, 0.717) is 25.2 Å². The summed E-state index contributed by atoms with van der Waals surface area (Å²) in [7, 11) is 0. The van der Waals surface area contributed by atoms with E-state index in [9.17, 15) is 9.59 Å². The summed E-state index contributed by atoms with van der Waals surface area (Å²) >= 11 is 0. The zero-order valence-corrected chi connectivity index (χ0v) is 11.3. The number of nitrogens with one attached hydrogen (secondary N) is 1. The molecule has 0 aliphatic carbocycles. The van der Waals surface area contributed by atoms with Crippen molar-refractivity contribution in [3.63, 3.8) is 0 Å². The van der Waals surface area contributed by atoms with Crippen LogP contribution in [0.5, 0.6) is 0 Å². The van der Waals surface area contributed by atoms with E-state index in [1.807, 2.05) is 6.92 Å². The minimum Gasteiger partial charge on any atom is -0.343 e. The lowest BCUT2D eigenvalue weighted by atomic mass is 9.95. The number of carbonyl (C=O) groups excluding carboxylic acids is 2. The first-order valence-corrected chi connectivity index (χ1v) is 6.34. The molecule has 0 bridgehead atoms. The zero-order chi connectivity index (χ0) is 14.0. The van der Waals surface area contributed by atoms with Crippen LogP contribution in [0.25, 0.3) is 0 Å². The second-order valence-electron chi connectivity index (χ2n) is 5.13. The molecule has 1 aliphatic rings. The summed E-state index contributed by atoms with van der Waals surface area (Å²) in [5, 5.41) is 6.46. The summed E-state index contributed by atoms with van der Waals surface area (Å²) in [4.78, 5) is 29.9. The predicted molar refractivity (Wildman–Crippen MR) is 66.0 cm³/mol. The van der Waals surface area contributed by atoms with Crippen LogP contribution in [0.4, 0.5) is 0 Å². The van der Waals surface area contributed by atoms with Crippen LogP contribution in [-0.4, -0.2) is 45.0 Å². The van der Waals surface area contributed by atoms with Crippen molar-refractivity contribution in [2.24, 2.45) is 0 Å².